The first kappa shape index (κ1) is 14.4. The van der Waals surface area contributed by atoms with Crippen LogP contribution in [0.3, 0.4) is 0 Å². The van der Waals surface area contributed by atoms with E-state index in [-0.39, 0.29) is 0 Å². The highest BCUT2D eigenvalue weighted by Gasteiger charge is 2.44. The fourth-order valence-electron chi connectivity index (χ4n) is 1.99. The van der Waals surface area contributed by atoms with Crippen molar-refractivity contribution in [3.63, 3.8) is 0 Å². The third-order valence-corrected chi connectivity index (χ3v) is 3.04. The quantitative estimate of drug-likeness (QED) is 0.857. The molecule has 1 aromatic rings. The molecule has 20 heavy (non-hydrogen) atoms. The Morgan fingerprint density at radius 1 is 1.25 bits per heavy atom. The Morgan fingerprint density at radius 3 is 2.40 bits per heavy atom. The van der Waals surface area contributed by atoms with E-state index < -0.39 is 12.1 Å². The Balaban J connectivity index is 2.23. The lowest BCUT2D eigenvalue weighted by molar-refractivity contribution is -0.182. The van der Waals surface area contributed by atoms with Gasteiger partial charge in [0.25, 0.3) is 0 Å². The number of carbonyl (C=O) groups is 1. The molecule has 1 aliphatic carbocycles. The van der Waals surface area contributed by atoms with Gasteiger partial charge in [-0.1, -0.05) is 23.8 Å². The van der Waals surface area contributed by atoms with Gasteiger partial charge in [-0.2, -0.15) is 13.2 Å². The van der Waals surface area contributed by atoms with Crippen molar-refractivity contribution in [3.05, 3.63) is 41.6 Å². The minimum Gasteiger partial charge on any atom is -0.291 e. The SMILES string of the molecule is Cc1ccc(NN(C(=O)C(F)(F)F)C2=CCCC2)cc1. The Bertz CT molecular complexity index is 520. The minimum atomic E-state index is -4.90. The summed E-state index contributed by atoms with van der Waals surface area (Å²) in [5, 5.41) is 0.609. The smallest absolute Gasteiger partial charge is 0.291 e. The minimum absolute atomic E-state index is 0.368. The molecule has 3 nitrogen and oxygen atoms in total. The van der Waals surface area contributed by atoms with Crippen LogP contribution in [0.2, 0.25) is 0 Å². The molecule has 0 bridgehead atoms. The lowest BCUT2D eigenvalue weighted by atomic mass is 10.2. The molecule has 1 aliphatic rings. The fourth-order valence-corrected chi connectivity index (χ4v) is 1.99. The molecule has 108 valence electrons. The van der Waals surface area contributed by atoms with Crippen LogP contribution in [0.15, 0.2) is 36.0 Å². The number of nitrogens with zero attached hydrogens (tertiary/aromatic N) is 1. The summed E-state index contributed by atoms with van der Waals surface area (Å²) in [5.74, 6) is -1.90. The molecule has 0 radical (unpaired) electrons. The average molecular weight is 284 g/mol. The van der Waals surface area contributed by atoms with Crippen LogP contribution in [0.1, 0.15) is 24.8 Å². The van der Waals surface area contributed by atoms with Gasteiger partial charge in [0.15, 0.2) is 0 Å². The van der Waals surface area contributed by atoms with Gasteiger partial charge in [-0.3, -0.25) is 10.2 Å². The molecule has 1 N–H and O–H groups in total. The number of benzene rings is 1. The molecule has 2 rings (SSSR count). The lowest BCUT2D eigenvalue weighted by Crippen LogP contribution is -2.43. The number of aryl methyl sites for hydroxylation is 1. The molecule has 0 atom stereocenters. The zero-order valence-electron chi connectivity index (χ0n) is 11.0. The first-order valence-electron chi connectivity index (χ1n) is 6.31. The molecule has 1 amide bonds. The van der Waals surface area contributed by atoms with Crippen LogP contribution in [-0.2, 0) is 4.79 Å². The number of allylic oxidation sites excluding steroid dienone is 2. The summed E-state index contributed by atoms with van der Waals surface area (Å²) in [6.07, 6.45) is -1.34. The van der Waals surface area contributed by atoms with E-state index >= 15 is 0 Å². The summed E-state index contributed by atoms with van der Waals surface area (Å²) >= 11 is 0. The van der Waals surface area contributed by atoms with Crippen molar-refractivity contribution in [1.82, 2.24) is 5.01 Å². The highest BCUT2D eigenvalue weighted by Crippen LogP contribution is 2.27. The molecule has 0 fully saturated rings. The molecule has 0 heterocycles. The largest absolute Gasteiger partial charge is 0.473 e. The molecule has 6 heteroatoms. The van der Waals surface area contributed by atoms with Crippen LogP contribution in [-0.4, -0.2) is 17.1 Å². The van der Waals surface area contributed by atoms with Crippen molar-refractivity contribution >= 4 is 11.6 Å². The second kappa shape index (κ2) is 5.56. The van der Waals surface area contributed by atoms with Crippen molar-refractivity contribution in [1.29, 1.82) is 0 Å². The summed E-state index contributed by atoms with van der Waals surface area (Å²) in [4.78, 5) is 11.5. The van der Waals surface area contributed by atoms with Gasteiger partial charge in [0.05, 0.1) is 5.69 Å². The van der Waals surface area contributed by atoms with Gasteiger partial charge in [-0.15, -0.1) is 0 Å². The van der Waals surface area contributed by atoms with Crippen LogP contribution in [0.4, 0.5) is 18.9 Å². The number of rotatable bonds is 3. The van der Waals surface area contributed by atoms with E-state index in [1.54, 1.807) is 30.3 Å². The molecule has 0 unspecified atom stereocenters. The predicted octanol–water partition coefficient (Wildman–Crippen LogP) is 3.78. The number of anilines is 1. The molecular formula is C14H15F3N2O. The van der Waals surface area contributed by atoms with Gasteiger partial charge in [-0.25, -0.2) is 5.01 Å². The van der Waals surface area contributed by atoms with Gasteiger partial charge in [-0.05, 0) is 38.3 Å². The topological polar surface area (TPSA) is 32.3 Å². The van der Waals surface area contributed by atoms with Crippen molar-refractivity contribution in [3.8, 4) is 0 Å². The predicted molar refractivity (Wildman–Crippen MR) is 69.6 cm³/mol. The third-order valence-electron chi connectivity index (χ3n) is 3.04. The van der Waals surface area contributed by atoms with Crippen LogP contribution in [0.25, 0.3) is 0 Å². The Kier molecular flexibility index (Phi) is 4.01. The Hall–Kier alpha value is -1.98. The number of carbonyl (C=O) groups excluding carboxylic acids is 1. The summed E-state index contributed by atoms with van der Waals surface area (Å²) in [6.45, 7) is 1.88. The maximum atomic E-state index is 12.7. The number of hydrogen-bond acceptors (Lipinski definition) is 2. The molecule has 1 aromatic carbocycles. The van der Waals surface area contributed by atoms with E-state index in [1.165, 1.54) is 0 Å². The zero-order chi connectivity index (χ0) is 14.8. The number of amides is 1. The second-order valence-electron chi connectivity index (χ2n) is 4.70. The first-order chi connectivity index (χ1) is 9.38. The normalized spacial score (nSPS) is 14.9. The van der Waals surface area contributed by atoms with Gasteiger partial charge in [0.1, 0.15) is 0 Å². The third kappa shape index (κ3) is 3.31. The van der Waals surface area contributed by atoms with E-state index in [0.29, 0.717) is 29.2 Å². The van der Waals surface area contributed by atoms with E-state index in [9.17, 15) is 18.0 Å². The molecule has 0 saturated carbocycles. The summed E-state index contributed by atoms with van der Waals surface area (Å²) < 4.78 is 38.0. The number of hydrazine groups is 1. The first-order valence-corrected chi connectivity index (χ1v) is 6.31. The van der Waals surface area contributed by atoms with Crippen molar-refractivity contribution in [2.75, 3.05) is 5.43 Å². The fraction of sp³-hybridized carbons (Fsp3) is 0.357. The van der Waals surface area contributed by atoms with Gasteiger partial charge >= 0.3 is 12.1 Å². The van der Waals surface area contributed by atoms with Crippen LogP contribution >= 0.6 is 0 Å². The molecule has 0 aliphatic heterocycles. The van der Waals surface area contributed by atoms with Crippen LogP contribution in [0.5, 0.6) is 0 Å². The summed E-state index contributed by atoms with van der Waals surface area (Å²) in [7, 11) is 0. The van der Waals surface area contributed by atoms with E-state index in [1.807, 2.05) is 6.92 Å². The number of hydrogen-bond donors (Lipinski definition) is 1. The highest BCUT2D eigenvalue weighted by molar-refractivity contribution is 5.84. The van der Waals surface area contributed by atoms with Gasteiger partial charge < -0.3 is 0 Å². The zero-order valence-corrected chi connectivity index (χ0v) is 11.0. The Labute approximate surface area is 115 Å². The monoisotopic (exact) mass is 284 g/mol. The molecular weight excluding hydrogens is 269 g/mol. The standard InChI is InChI=1S/C14H15F3N2O/c1-10-6-8-11(9-7-10)18-19(12-4-2-3-5-12)13(20)14(15,16)17/h4,6-9,18H,2-3,5H2,1H3. The van der Waals surface area contributed by atoms with Crippen LogP contribution in [0, 0.1) is 6.92 Å². The van der Waals surface area contributed by atoms with Crippen molar-refractivity contribution < 1.29 is 18.0 Å². The number of alkyl halides is 3. The molecule has 0 saturated heterocycles. The lowest BCUT2D eigenvalue weighted by Gasteiger charge is -2.26. The summed E-state index contributed by atoms with van der Waals surface area (Å²) in [6, 6.07) is 6.81. The van der Waals surface area contributed by atoms with E-state index in [4.69, 9.17) is 0 Å². The average Bonchev–Trinajstić information content (AvgIpc) is 2.90. The maximum absolute atomic E-state index is 12.7. The highest BCUT2D eigenvalue weighted by atomic mass is 19.4. The van der Waals surface area contributed by atoms with Gasteiger partial charge in [0, 0.05) is 5.70 Å². The van der Waals surface area contributed by atoms with Crippen LogP contribution < -0.4 is 5.43 Å². The summed E-state index contributed by atoms with van der Waals surface area (Å²) in [5.41, 5.74) is 4.35. The van der Waals surface area contributed by atoms with Crippen molar-refractivity contribution in [2.24, 2.45) is 0 Å². The van der Waals surface area contributed by atoms with Gasteiger partial charge in [0.2, 0.25) is 0 Å². The second-order valence-corrected chi connectivity index (χ2v) is 4.70. The maximum Gasteiger partial charge on any atom is 0.473 e. The molecule has 0 aromatic heterocycles. The van der Waals surface area contributed by atoms with Crippen molar-refractivity contribution in [2.45, 2.75) is 32.4 Å². The molecule has 0 spiro atoms. The number of nitrogens with one attached hydrogen (secondary N) is 1. The van der Waals surface area contributed by atoms with E-state index in [0.717, 1.165) is 12.0 Å². The Morgan fingerprint density at radius 2 is 1.90 bits per heavy atom. The van der Waals surface area contributed by atoms with E-state index in [2.05, 4.69) is 5.43 Å². The number of halogens is 3.